The van der Waals surface area contributed by atoms with Gasteiger partial charge in [0.15, 0.2) is 0 Å². The summed E-state index contributed by atoms with van der Waals surface area (Å²) in [6.07, 6.45) is 4.15. The van der Waals surface area contributed by atoms with Crippen molar-refractivity contribution in [2.45, 2.75) is 0 Å². The lowest BCUT2D eigenvalue weighted by molar-refractivity contribution is -0.138. The van der Waals surface area contributed by atoms with Crippen LogP contribution in [0, 0.1) is 5.92 Å². The van der Waals surface area contributed by atoms with Crippen LogP contribution in [0.5, 0.6) is 0 Å². The number of aliphatic carboxylic acids is 2. The van der Waals surface area contributed by atoms with Crippen LogP contribution in [0.4, 0.5) is 0 Å². The lowest BCUT2D eigenvalue weighted by Crippen LogP contribution is -2.19. The van der Waals surface area contributed by atoms with Crippen molar-refractivity contribution in [1.82, 2.24) is 0 Å². The van der Waals surface area contributed by atoms with Gasteiger partial charge in [-0.3, -0.25) is 4.79 Å². The number of carboxylic acid groups (broad SMARTS) is 2. The molecule has 0 aromatic heterocycles. The van der Waals surface area contributed by atoms with Gasteiger partial charge in [-0.2, -0.15) is 0 Å². The fourth-order valence-electron chi connectivity index (χ4n) is 1.09. The van der Waals surface area contributed by atoms with Crippen LogP contribution < -0.4 is 0 Å². The maximum Gasteiger partial charge on any atom is 0.335 e. The van der Waals surface area contributed by atoms with Gasteiger partial charge in [0.25, 0.3) is 0 Å². The molecule has 0 heterocycles. The summed E-state index contributed by atoms with van der Waals surface area (Å²) < 4.78 is 0. The summed E-state index contributed by atoms with van der Waals surface area (Å²) in [5, 5.41) is 17.3. The molecular formula is C9H8O4. The van der Waals surface area contributed by atoms with E-state index in [-0.39, 0.29) is 11.1 Å². The monoisotopic (exact) mass is 180 g/mol. The molecule has 1 unspecified atom stereocenters. The Bertz CT molecular complexity index is 336. The molecule has 1 rings (SSSR count). The van der Waals surface area contributed by atoms with Gasteiger partial charge < -0.3 is 10.2 Å². The van der Waals surface area contributed by atoms with E-state index in [9.17, 15) is 9.59 Å². The Balaban J connectivity index is 3.00. The van der Waals surface area contributed by atoms with Crippen LogP contribution in [0.3, 0.4) is 0 Å². The quantitative estimate of drug-likeness (QED) is 0.659. The van der Waals surface area contributed by atoms with E-state index in [4.69, 9.17) is 10.2 Å². The maximum atomic E-state index is 10.6. The number of carbonyl (C=O) groups is 2. The highest BCUT2D eigenvalue weighted by Gasteiger charge is 2.25. The first-order valence-electron chi connectivity index (χ1n) is 3.58. The molecular weight excluding hydrogens is 172 g/mol. The van der Waals surface area contributed by atoms with Crippen molar-refractivity contribution in [3.05, 3.63) is 36.0 Å². The molecule has 2 N–H and O–H groups in total. The SMILES string of the molecule is C=C1C(C(=O)O)=CC=CC1C(=O)O. The third-order valence-electron chi connectivity index (χ3n) is 1.78. The Morgan fingerprint density at radius 3 is 2.46 bits per heavy atom. The lowest BCUT2D eigenvalue weighted by atomic mass is 9.89. The summed E-state index contributed by atoms with van der Waals surface area (Å²) in [5.41, 5.74) is 0.0670. The van der Waals surface area contributed by atoms with Crippen molar-refractivity contribution >= 4 is 11.9 Å². The highest BCUT2D eigenvalue weighted by molar-refractivity contribution is 5.95. The van der Waals surface area contributed by atoms with Gasteiger partial charge in [0, 0.05) is 0 Å². The second-order valence-electron chi connectivity index (χ2n) is 2.61. The van der Waals surface area contributed by atoms with Gasteiger partial charge in [-0.1, -0.05) is 18.7 Å². The molecule has 0 saturated carbocycles. The molecule has 0 saturated heterocycles. The number of allylic oxidation sites excluding steroid dienone is 2. The molecule has 1 aliphatic carbocycles. The third-order valence-corrected chi connectivity index (χ3v) is 1.78. The van der Waals surface area contributed by atoms with Crippen LogP contribution in [0.25, 0.3) is 0 Å². The predicted molar refractivity (Wildman–Crippen MR) is 45.1 cm³/mol. The van der Waals surface area contributed by atoms with Gasteiger partial charge in [0.1, 0.15) is 5.92 Å². The summed E-state index contributed by atoms with van der Waals surface area (Å²) in [6, 6.07) is 0. The lowest BCUT2D eigenvalue weighted by Gasteiger charge is -2.14. The van der Waals surface area contributed by atoms with E-state index in [1.807, 2.05) is 0 Å². The van der Waals surface area contributed by atoms with Crippen molar-refractivity contribution in [2.24, 2.45) is 5.92 Å². The topological polar surface area (TPSA) is 74.6 Å². The highest BCUT2D eigenvalue weighted by Crippen LogP contribution is 2.24. The molecule has 0 aromatic rings. The number of carboxylic acids is 2. The van der Waals surface area contributed by atoms with E-state index < -0.39 is 17.9 Å². The van der Waals surface area contributed by atoms with E-state index in [2.05, 4.69) is 6.58 Å². The van der Waals surface area contributed by atoms with E-state index >= 15 is 0 Å². The smallest absolute Gasteiger partial charge is 0.335 e. The molecule has 0 aromatic carbocycles. The predicted octanol–water partition coefficient (Wildman–Crippen LogP) is 0.824. The summed E-state index contributed by atoms with van der Waals surface area (Å²) in [7, 11) is 0. The molecule has 0 radical (unpaired) electrons. The molecule has 0 aliphatic heterocycles. The van der Waals surface area contributed by atoms with E-state index in [1.165, 1.54) is 18.2 Å². The molecule has 4 heteroatoms. The first-order chi connectivity index (χ1) is 6.04. The van der Waals surface area contributed by atoms with E-state index in [0.29, 0.717) is 0 Å². The molecule has 1 aliphatic rings. The minimum atomic E-state index is -1.15. The van der Waals surface area contributed by atoms with Crippen LogP contribution in [-0.4, -0.2) is 22.2 Å². The standard InChI is InChI=1S/C9H8O4/c1-5-6(8(10)11)3-2-4-7(5)9(12)13/h2-4,6H,1H2,(H,10,11)(H,12,13). The Labute approximate surface area is 74.5 Å². The minimum absolute atomic E-state index is 0.0464. The summed E-state index contributed by atoms with van der Waals surface area (Å²) in [4.78, 5) is 21.2. The summed E-state index contributed by atoms with van der Waals surface area (Å²) in [6.45, 7) is 3.44. The van der Waals surface area contributed by atoms with Crippen molar-refractivity contribution in [3.63, 3.8) is 0 Å². The zero-order chi connectivity index (χ0) is 10.0. The zero-order valence-electron chi connectivity index (χ0n) is 6.73. The van der Waals surface area contributed by atoms with Crippen molar-refractivity contribution in [1.29, 1.82) is 0 Å². The normalized spacial score (nSPS) is 21.1. The van der Waals surface area contributed by atoms with Gasteiger partial charge >= 0.3 is 11.9 Å². The van der Waals surface area contributed by atoms with Crippen molar-refractivity contribution < 1.29 is 19.8 Å². The second-order valence-corrected chi connectivity index (χ2v) is 2.61. The number of hydrogen-bond donors (Lipinski definition) is 2. The van der Waals surface area contributed by atoms with Gasteiger partial charge in [0.2, 0.25) is 0 Å². The summed E-state index contributed by atoms with van der Waals surface area (Å²) in [5.74, 6) is -3.16. The van der Waals surface area contributed by atoms with Crippen LogP contribution in [0.2, 0.25) is 0 Å². The Hall–Kier alpha value is -1.84. The molecule has 4 nitrogen and oxygen atoms in total. The zero-order valence-corrected chi connectivity index (χ0v) is 6.73. The minimum Gasteiger partial charge on any atom is -0.481 e. The maximum absolute atomic E-state index is 10.6. The van der Waals surface area contributed by atoms with Crippen LogP contribution in [0.1, 0.15) is 0 Å². The Morgan fingerprint density at radius 2 is 2.00 bits per heavy atom. The van der Waals surface area contributed by atoms with Gasteiger partial charge in [0.05, 0.1) is 5.57 Å². The van der Waals surface area contributed by atoms with Gasteiger partial charge in [-0.05, 0) is 11.6 Å². The molecule has 0 amide bonds. The van der Waals surface area contributed by atoms with Crippen molar-refractivity contribution in [3.8, 4) is 0 Å². The fraction of sp³-hybridized carbons (Fsp3) is 0.111. The fourth-order valence-corrected chi connectivity index (χ4v) is 1.09. The first kappa shape index (κ1) is 9.25. The average molecular weight is 180 g/mol. The first-order valence-corrected chi connectivity index (χ1v) is 3.58. The van der Waals surface area contributed by atoms with Crippen LogP contribution in [-0.2, 0) is 9.59 Å². The van der Waals surface area contributed by atoms with Gasteiger partial charge in [-0.25, -0.2) is 4.79 Å². The average Bonchev–Trinajstić information content (AvgIpc) is 2.03. The van der Waals surface area contributed by atoms with Gasteiger partial charge in [-0.15, -0.1) is 0 Å². The molecule has 1 atom stereocenters. The molecule has 0 spiro atoms. The van der Waals surface area contributed by atoms with Crippen LogP contribution >= 0.6 is 0 Å². The van der Waals surface area contributed by atoms with E-state index in [1.54, 1.807) is 0 Å². The Kier molecular flexibility index (Phi) is 2.32. The second kappa shape index (κ2) is 3.26. The largest absolute Gasteiger partial charge is 0.481 e. The van der Waals surface area contributed by atoms with Crippen LogP contribution in [0.15, 0.2) is 36.0 Å². The molecule has 13 heavy (non-hydrogen) atoms. The third kappa shape index (κ3) is 1.66. The number of rotatable bonds is 2. The van der Waals surface area contributed by atoms with Crippen molar-refractivity contribution in [2.75, 3.05) is 0 Å². The highest BCUT2D eigenvalue weighted by atomic mass is 16.4. The molecule has 0 bridgehead atoms. The molecule has 68 valence electrons. The molecule has 0 fully saturated rings. The Morgan fingerprint density at radius 1 is 1.38 bits per heavy atom. The van der Waals surface area contributed by atoms with E-state index in [0.717, 1.165) is 0 Å². The number of hydrogen-bond acceptors (Lipinski definition) is 2. The summed E-state index contributed by atoms with van der Waals surface area (Å²) >= 11 is 0.